The van der Waals surface area contributed by atoms with Crippen LogP contribution in [-0.4, -0.2) is 43.9 Å². The summed E-state index contributed by atoms with van der Waals surface area (Å²) in [6.07, 6.45) is 0.702. The third kappa shape index (κ3) is 3.94. The molecule has 2 aromatic heterocycles. The van der Waals surface area contributed by atoms with Crippen LogP contribution in [0.4, 0.5) is 4.39 Å². The van der Waals surface area contributed by atoms with Gasteiger partial charge < -0.3 is 4.52 Å². The Labute approximate surface area is 155 Å². The summed E-state index contributed by atoms with van der Waals surface area (Å²) in [5, 5.41) is 13.4. The third-order valence-corrected chi connectivity index (χ3v) is 4.96. The smallest absolute Gasteiger partial charge is 0.226 e. The number of benzene rings is 1. The minimum atomic E-state index is -0.280. The van der Waals surface area contributed by atoms with E-state index in [1.54, 1.807) is 12.1 Å². The predicted molar refractivity (Wildman–Crippen MR) is 96.7 cm³/mol. The first-order valence-electron chi connectivity index (χ1n) is 8.31. The molecule has 0 unspecified atom stereocenters. The summed E-state index contributed by atoms with van der Waals surface area (Å²) in [7, 11) is 3.96. The summed E-state index contributed by atoms with van der Waals surface area (Å²) in [4.78, 5) is 6.36. The lowest BCUT2D eigenvalue weighted by Crippen LogP contribution is -2.20. The molecule has 138 valence electrons. The molecule has 0 saturated carbocycles. The second kappa shape index (κ2) is 7.96. The maximum Gasteiger partial charge on any atom is 0.226 e. The minimum Gasteiger partial charge on any atom is -0.339 e. The van der Waals surface area contributed by atoms with Gasteiger partial charge in [-0.05, 0) is 45.3 Å². The molecule has 0 spiro atoms. The second-order valence-electron chi connectivity index (χ2n) is 6.04. The topological polar surface area (TPSA) is 72.9 Å². The van der Waals surface area contributed by atoms with Gasteiger partial charge in [0.1, 0.15) is 5.82 Å². The van der Waals surface area contributed by atoms with Crippen molar-refractivity contribution in [2.24, 2.45) is 0 Å². The fourth-order valence-corrected chi connectivity index (χ4v) is 3.13. The van der Waals surface area contributed by atoms with Crippen molar-refractivity contribution in [3.63, 3.8) is 0 Å². The van der Waals surface area contributed by atoms with Crippen LogP contribution in [0.2, 0.25) is 0 Å². The Bertz CT molecular complexity index is 861. The molecule has 1 atom stereocenters. The van der Waals surface area contributed by atoms with Gasteiger partial charge in [0.05, 0.1) is 11.8 Å². The zero-order valence-electron chi connectivity index (χ0n) is 15.2. The van der Waals surface area contributed by atoms with Crippen LogP contribution in [0.3, 0.4) is 0 Å². The Kier molecular flexibility index (Phi) is 5.67. The van der Waals surface area contributed by atoms with E-state index < -0.39 is 0 Å². The number of aromatic nitrogens is 5. The zero-order valence-corrected chi connectivity index (χ0v) is 16.0. The van der Waals surface area contributed by atoms with Crippen LogP contribution < -0.4 is 0 Å². The largest absolute Gasteiger partial charge is 0.339 e. The Balaban J connectivity index is 1.92. The SMILES string of the molecule is CCc1nc(CSc2nnc([C@@H](C)N(C)C)n2-c2ccc(F)cc2)no1. The van der Waals surface area contributed by atoms with Crippen LogP contribution in [0.5, 0.6) is 0 Å². The van der Waals surface area contributed by atoms with Crippen molar-refractivity contribution in [1.29, 1.82) is 0 Å². The van der Waals surface area contributed by atoms with E-state index in [-0.39, 0.29) is 11.9 Å². The fraction of sp³-hybridized carbons (Fsp3) is 0.412. The number of aryl methyl sites for hydroxylation is 1. The van der Waals surface area contributed by atoms with Gasteiger partial charge in [0, 0.05) is 12.1 Å². The van der Waals surface area contributed by atoms with Gasteiger partial charge in [-0.25, -0.2) is 4.39 Å². The van der Waals surface area contributed by atoms with Crippen LogP contribution in [0.1, 0.15) is 37.4 Å². The van der Waals surface area contributed by atoms with Gasteiger partial charge in [0.15, 0.2) is 16.8 Å². The van der Waals surface area contributed by atoms with Crippen molar-refractivity contribution in [1.82, 2.24) is 29.8 Å². The number of halogens is 1. The molecular formula is C17H21FN6OS. The van der Waals surface area contributed by atoms with Gasteiger partial charge in [-0.2, -0.15) is 4.98 Å². The molecule has 0 radical (unpaired) electrons. The molecule has 0 aliphatic heterocycles. The molecule has 1 aromatic carbocycles. The first kappa shape index (κ1) is 18.5. The number of hydrogen-bond donors (Lipinski definition) is 0. The van der Waals surface area contributed by atoms with Crippen LogP contribution in [0.15, 0.2) is 33.9 Å². The summed E-state index contributed by atoms with van der Waals surface area (Å²) in [5.41, 5.74) is 0.810. The Morgan fingerprint density at radius 2 is 1.96 bits per heavy atom. The maximum absolute atomic E-state index is 13.3. The summed E-state index contributed by atoms with van der Waals surface area (Å²) in [5.74, 6) is 2.24. The van der Waals surface area contributed by atoms with Gasteiger partial charge >= 0.3 is 0 Å². The number of rotatable bonds is 7. The normalized spacial score (nSPS) is 12.7. The van der Waals surface area contributed by atoms with Gasteiger partial charge in [0.25, 0.3) is 0 Å². The monoisotopic (exact) mass is 376 g/mol. The minimum absolute atomic E-state index is 0.0405. The maximum atomic E-state index is 13.3. The van der Waals surface area contributed by atoms with E-state index in [9.17, 15) is 4.39 Å². The standard InChI is InChI=1S/C17H21FN6OS/c1-5-15-19-14(22-25-15)10-26-17-21-20-16(11(2)23(3)4)24(17)13-8-6-12(18)7-9-13/h6-9,11H,5,10H2,1-4H3/t11-/m1/s1. The second-order valence-corrected chi connectivity index (χ2v) is 6.98. The highest BCUT2D eigenvalue weighted by atomic mass is 32.2. The van der Waals surface area contributed by atoms with Gasteiger partial charge in [-0.3, -0.25) is 9.47 Å². The number of nitrogens with zero attached hydrogens (tertiary/aromatic N) is 6. The van der Waals surface area contributed by atoms with E-state index in [4.69, 9.17) is 4.52 Å². The predicted octanol–water partition coefficient (Wildman–Crippen LogP) is 3.27. The van der Waals surface area contributed by atoms with E-state index in [1.165, 1.54) is 23.9 Å². The Hall–Kier alpha value is -2.26. The third-order valence-electron chi connectivity index (χ3n) is 4.03. The first-order valence-corrected chi connectivity index (χ1v) is 9.30. The molecule has 0 N–H and O–H groups in total. The van der Waals surface area contributed by atoms with E-state index in [2.05, 4.69) is 20.3 Å². The summed E-state index contributed by atoms with van der Waals surface area (Å²) < 4.78 is 20.4. The number of hydrogen-bond acceptors (Lipinski definition) is 7. The quantitative estimate of drug-likeness (QED) is 0.586. The first-order chi connectivity index (χ1) is 12.5. The average molecular weight is 376 g/mol. The fourth-order valence-electron chi connectivity index (χ4n) is 2.33. The van der Waals surface area contributed by atoms with Crippen LogP contribution >= 0.6 is 11.8 Å². The number of thioether (sulfide) groups is 1. The van der Waals surface area contributed by atoms with Crippen molar-refractivity contribution in [2.45, 2.75) is 37.2 Å². The molecule has 26 heavy (non-hydrogen) atoms. The van der Waals surface area contributed by atoms with Crippen molar-refractivity contribution < 1.29 is 8.91 Å². The molecule has 7 nitrogen and oxygen atoms in total. The molecule has 0 aliphatic rings. The molecule has 0 bridgehead atoms. The molecule has 3 rings (SSSR count). The van der Waals surface area contributed by atoms with Crippen LogP contribution in [0.25, 0.3) is 5.69 Å². The summed E-state index contributed by atoms with van der Waals surface area (Å²) in [6.45, 7) is 4.01. The molecule has 3 aromatic rings. The van der Waals surface area contributed by atoms with Crippen molar-refractivity contribution >= 4 is 11.8 Å². The van der Waals surface area contributed by atoms with E-state index >= 15 is 0 Å². The van der Waals surface area contributed by atoms with Crippen molar-refractivity contribution in [3.8, 4) is 5.69 Å². The molecule has 9 heteroatoms. The molecule has 0 saturated heterocycles. The van der Waals surface area contributed by atoms with Crippen molar-refractivity contribution in [2.75, 3.05) is 14.1 Å². The highest BCUT2D eigenvalue weighted by Crippen LogP contribution is 2.28. The Morgan fingerprint density at radius 3 is 2.58 bits per heavy atom. The Morgan fingerprint density at radius 1 is 1.23 bits per heavy atom. The highest BCUT2D eigenvalue weighted by Gasteiger charge is 2.21. The summed E-state index contributed by atoms with van der Waals surface area (Å²) >= 11 is 1.47. The summed E-state index contributed by atoms with van der Waals surface area (Å²) in [6, 6.07) is 6.34. The van der Waals surface area contributed by atoms with Gasteiger partial charge in [-0.1, -0.05) is 23.8 Å². The van der Waals surface area contributed by atoms with E-state index in [1.807, 2.05) is 37.4 Å². The van der Waals surface area contributed by atoms with E-state index in [0.717, 1.165) is 11.5 Å². The van der Waals surface area contributed by atoms with Crippen molar-refractivity contribution in [3.05, 3.63) is 47.6 Å². The lowest BCUT2D eigenvalue weighted by molar-refractivity contribution is 0.305. The molecule has 2 heterocycles. The zero-order chi connectivity index (χ0) is 18.7. The van der Waals surface area contributed by atoms with Crippen LogP contribution in [-0.2, 0) is 12.2 Å². The lowest BCUT2D eigenvalue weighted by Gasteiger charge is -2.20. The van der Waals surface area contributed by atoms with Crippen LogP contribution in [0, 0.1) is 5.82 Å². The van der Waals surface area contributed by atoms with Gasteiger partial charge in [0.2, 0.25) is 5.89 Å². The highest BCUT2D eigenvalue weighted by molar-refractivity contribution is 7.98. The van der Waals surface area contributed by atoms with Gasteiger partial charge in [-0.15, -0.1) is 10.2 Å². The average Bonchev–Trinajstić information content (AvgIpc) is 3.26. The molecule has 0 fully saturated rings. The molecule has 0 aliphatic carbocycles. The molecule has 0 amide bonds. The van der Waals surface area contributed by atoms with E-state index in [0.29, 0.717) is 29.0 Å². The lowest BCUT2D eigenvalue weighted by atomic mass is 10.2. The molecular weight excluding hydrogens is 355 g/mol.